The molecule has 2 aliphatic rings. The maximum atomic E-state index is 12.7. The number of ether oxygens (including phenoxy) is 1. The van der Waals surface area contributed by atoms with Crippen LogP contribution in [0.5, 0.6) is 5.75 Å². The molecule has 1 aliphatic heterocycles. The van der Waals surface area contributed by atoms with Crippen molar-refractivity contribution in [2.24, 2.45) is 4.99 Å². The van der Waals surface area contributed by atoms with E-state index >= 15 is 0 Å². The van der Waals surface area contributed by atoms with Crippen molar-refractivity contribution in [2.75, 3.05) is 7.11 Å². The summed E-state index contributed by atoms with van der Waals surface area (Å²) in [6.07, 6.45) is -0.715. The Morgan fingerprint density at radius 2 is 2.04 bits per heavy atom. The summed E-state index contributed by atoms with van der Waals surface area (Å²) >= 11 is 5.75. The second-order valence-corrected chi connectivity index (χ2v) is 5.89. The number of rotatable bonds is 3. The van der Waals surface area contributed by atoms with E-state index in [0.29, 0.717) is 5.75 Å². The molecule has 1 N–H and O–H groups in total. The fourth-order valence-electron chi connectivity index (χ4n) is 2.07. The topological polar surface area (TPSA) is 62.1 Å². The lowest BCUT2D eigenvalue weighted by atomic mass is 10.2. The molecule has 142 valence electrons. The van der Waals surface area contributed by atoms with Crippen LogP contribution in [0.25, 0.3) is 0 Å². The van der Waals surface area contributed by atoms with E-state index in [2.05, 4.69) is 4.99 Å². The van der Waals surface area contributed by atoms with Gasteiger partial charge in [-0.25, -0.2) is 9.18 Å². The third-order valence-corrected chi connectivity index (χ3v) is 3.91. The molecule has 1 unspecified atom stereocenters. The number of hydrogen-bond acceptors (Lipinski definition) is 4. The van der Waals surface area contributed by atoms with Crippen molar-refractivity contribution in [3.05, 3.63) is 41.4 Å². The number of nitrogens with zero attached hydrogens (tertiary/aromatic N) is 2. The summed E-state index contributed by atoms with van der Waals surface area (Å²) in [6.45, 7) is 0. The fraction of sp³-hybridized carbons (Fsp3) is 0.375. The van der Waals surface area contributed by atoms with Gasteiger partial charge >= 0.3 is 12.1 Å². The van der Waals surface area contributed by atoms with Crippen LogP contribution >= 0.6 is 11.6 Å². The smallest absolute Gasteiger partial charge is 0.419 e. The third kappa shape index (κ3) is 5.10. The van der Waals surface area contributed by atoms with Gasteiger partial charge in [-0.3, -0.25) is 4.99 Å². The minimum absolute atomic E-state index is 0.132. The number of carboxylic acids is 1. The number of allylic oxidation sites excluding steroid dienone is 1. The Kier molecular flexibility index (Phi) is 6.12. The van der Waals surface area contributed by atoms with E-state index < -0.39 is 29.2 Å². The van der Waals surface area contributed by atoms with Crippen LogP contribution < -0.4 is 4.74 Å². The lowest BCUT2D eigenvalue weighted by molar-refractivity contribution is -0.0871. The number of aliphatic imine (C=N–C) groups is 1. The first-order valence-electron chi connectivity index (χ1n) is 7.44. The van der Waals surface area contributed by atoms with Crippen LogP contribution in [0.1, 0.15) is 23.2 Å². The van der Waals surface area contributed by atoms with E-state index in [1.54, 1.807) is 0 Å². The van der Waals surface area contributed by atoms with Gasteiger partial charge in [-0.05, 0) is 31.0 Å². The molecule has 0 radical (unpaired) electrons. The molecule has 10 heteroatoms. The second-order valence-electron chi connectivity index (χ2n) is 5.50. The molecular weight excluding hydrogens is 380 g/mol. The molecule has 1 aliphatic carbocycles. The van der Waals surface area contributed by atoms with Gasteiger partial charge in [-0.2, -0.15) is 13.2 Å². The number of benzene rings is 1. The molecule has 0 bridgehead atoms. The zero-order valence-corrected chi connectivity index (χ0v) is 14.3. The highest BCUT2D eigenvalue weighted by atomic mass is 35.5. The van der Waals surface area contributed by atoms with Crippen LogP contribution in [0, 0.1) is 5.82 Å². The first kappa shape index (κ1) is 20.0. The zero-order chi connectivity index (χ0) is 19.5. The molecule has 1 fully saturated rings. The van der Waals surface area contributed by atoms with Crippen LogP contribution in [-0.2, 0) is 0 Å². The SMILES string of the molecule is COc1ccc(F)c(C(=O)O)c1.FC(F)(F)C1=CN(C2CC2)C(Cl)N=C1. The predicted molar refractivity (Wildman–Crippen MR) is 87.0 cm³/mol. The first-order chi connectivity index (χ1) is 12.1. The highest BCUT2D eigenvalue weighted by Crippen LogP contribution is 2.35. The highest BCUT2D eigenvalue weighted by Gasteiger charge is 2.39. The van der Waals surface area contributed by atoms with Crippen molar-refractivity contribution < 1.29 is 32.2 Å². The molecule has 0 spiro atoms. The molecule has 1 aromatic carbocycles. The average Bonchev–Trinajstić information content (AvgIpc) is 3.40. The number of alkyl halides is 4. The Morgan fingerprint density at radius 3 is 2.54 bits per heavy atom. The second kappa shape index (κ2) is 7.94. The van der Waals surface area contributed by atoms with Crippen molar-refractivity contribution in [3.63, 3.8) is 0 Å². The predicted octanol–water partition coefficient (Wildman–Crippen LogP) is 4.04. The number of carbonyl (C=O) groups is 1. The van der Waals surface area contributed by atoms with Gasteiger partial charge in [0.15, 0.2) is 5.62 Å². The normalized spacial score (nSPS) is 19.4. The molecule has 0 saturated heterocycles. The van der Waals surface area contributed by atoms with E-state index in [9.17, 15) is 22.4 Å². The highest BCUT2D eigenvalue weighted by molar-refractivity contribution is 6.21. The van der Waals surface area contributed by atoms with E-state index in [4.69, 9.17) is 21.4 Å². The molecule has 0 aromatic heterocycles. The fourth-order valence-corrected chi connectivity index (χ4v) is 2.34. The van der Waals surface area contributed by atoms with Crippen molar-refractivity contribution in [1.29, 1.82) is 0 Å². The van der Waals surface area contributed by atoms with E-state index in [1.165, 1.54) is 18.1 Å². The Bertz CT molecular complexity index is 733. The van der Waals surface area contributed by atoms with Crippen LogP contribution in [0.4, 0.5) is 17.6 Å². The Hall–Kier alpha value is -2.29. The molecule has 0 amide bonds. The Morgan fingerprint density at radius 1 is 1.38 bits per heavy atom. The third-order valence-electron chi connectivity index (χ3n) is 3.57. The number of aromatic carboxylic acids is 1. The summed E-state index contributed by atoms with van der Waals surface area (Å²) in [6, 6.07) is 3.69. The van der Waals surface area contributed by atoms with Crippen LogP contribution in [-0.4, -0.2) is 47.1 Å². The summed E-state index contributed by atoms with van der Waals surface area (Å²) in [5.41, 5.74) is -1.80. The maximum absolute atomic E-state index is 12.7. The van der Waals surface area contributed by atoms with Crippen molar-refractivity contribution >= 4 is 23.8 Å². The van der Waals surface area contributed by atoms with Crippen LogP contribution in [0.15, 0.2) is 35.0 Å². The molecule has 1 atom stereocenters. The summed E-state index contributed by atoms with van der Waals surface area (Å²) < 4.78 is 54.3. The summed E-state index contributed by atoms with van der Waals surface area (Å²) in [7, 11) is 1.39. The lowest BCUT2D eigenvalue weighted by Gasteiger charge is -2.27. The maximum Gasteiger partial charge on any atom is 0.419 e. The molecular formula is C16H15ClF4N2O3. The van der Waals surface area contributed by atoms with Crippen LogP contribution in [0.3, 0.4) is 0 Å². The minimum atomic E-state index is -4.34. The average molecular weight is 395 g/mol. The monoisotopic (exact) mass is 394 g/mol. The van der Waals surface area contributed by atoms with Gasteiger partial charge in [0.1, 0.15) is 11.6 Å². The van der Waals surface area contributed by atoms with E-state index in [1.807, 2.05) is 0 Å². The molecule has 1 aromatic rings. The van der Waals surface area contributed by atoms with Gasteiger partial charge in [-0.1, -0.05) is 11.6 Å². The molecule has 1 heterocycles. The van der Waals surface area contributed by atoms with Crippen LogP contribution in [0.2, 0.25) is 0 Å². The van der Waals surface area contributed by atoms with Gasteiger partial charge in [0.05, 0.1) is 18.2 Å². The van der Waals surface area contributed by atoms with Gasteiger partial charge in [0, 0.05) is 18.5 Å². The molecule has 1 saturated carbocycles. The zero-order valence-electron chi connectivity index (χ0n) is 13.5. The summed E-state index contributed by atoms with van der Waals surface area (Å²) in [4.78, 5) is 15.5. The largest absolute Gasteiger partial charge is 0.497 e. The summed E-state index contributed by atoms with van der Waals surface area (Å²) in [5.74, 6) is -1.73. The van der Waals surface area contributed by atoms with Crippen molar-refractivity contribution in [3.8, 4) is 5.75 Å². The van der Waals surface area contributed by atoms with Gasteiger partial charge < -0.3 is 14.7 Å². The van der Waals surface area contributed by atoms with Crippen molar-refractivity contribution in [2.45, 2.75) is 30.7 Å². The van der Waals surface area contributed by atoms with Crippen molar-refractivity contribution in [1.82, 2.24) is 4.90 Å². The molecule has 3 rings (SSSR count). The quantitative estimate of drug-likeness (QED) is 0.477. The van der Waals surface area contributed by atoms with Gasteiger partial charge in [0.25, 0.3) is 0 Å². The number of methoxy groups -OCH3 is 1. The number of halogens is 5. The number of carboxylic acid groups (broad SMARTS) is 1. The van der Waals surface area contributed by atoms with Gasteiger partial charge in [-0.15, -0.1) is 0 Å². The van der Waals surface area contributed by atoms with Gasteiger partial charge in [0.2, 0.25) is 0 Å². The molecule has 26 heavy (non-hydrogen) atoms. The Labute approximate surface area is 151 Å². The lowest BCUT2D eigenvalue weighted by Crippen LogP contribution is -2.32. The molecule has 5 nitrogen and oxygen atoms in total. The Balaban J connectivity index is 0.000000190. The standard InChI is InChI=1S/C8H8ClF3N2.C8H7FO3/c9-7-13-3-5(8(10,11)12)4-14(7)6-1-2-6;1-12-5-2-3-7(9)6(4-5)8(10)11/h3-4,6-7H,1-2H2;2-4H,1H3,(H,10,11). The minimum Gasteiger partial charge on any atom is -0.497 e. The summed E-state index contributed by atoms with van der Waals surface area (Å²) in [5, 5.41) is 8.49. The van der Waals surface area contributed by atoms with E-state index in [0.717, 1.165) is 37.4 Å². The van der Waals surface area contributed by atoms with E-state index in [-0.39, 0.29) is 11.6 Å². The first-order valence-corrected chi connectivity index (χ1v) is 7.87. The number of hydrogen-bond donors (Lipinski definition) is 1.